The summed E-state index contributed by atoms with van der Waals surface area (Å²) in [7, 11) is 0. The van der Waals surface area contributed by atoms with Gasteiger partial charge in [-0.25, -0.2) is 0 Å². The van der Waals surface area contributed by atoms with Gasteiger partial charge in [0.1, 0.15) is 0 Å². The summed E-state index contributed by atoms with van der Waals surface area (Å²) in [6, 6.07) is 0. The minimum absolute atomic E-state index is 0.0263. The third-order valence-electron chi connectivity index (χ3n) is 14.2. The van der Waals surface area contributed by atoms with Crippen LogP contribution in [0.25, 0.3) is 0 Å². The van der Waals surface area contributed by atoms with E-state index in [1.807, 2.05) is 0 Å². The predicted octanol–water partition coefficient (Wildman–Crippen LogP) is 8.90. The molecule has 0 aromatic heterocycles. The molecule has 214 valence electrons. The number of fused-ring (bicyclic) bond motifs is 7. The van der Waals surface area contributed by atoms with Gasteiger partial charge in [0.25, 0.3) is 0 Å². The van der Waals surface area contributed by atoms with Crippen LogP contribution in [0.15, 0.2) is 11.6 Å². The van der Waals surface area contributed by atoms with Gasteiger partial charge < -0.3 is 9.47 Å². The molecule has 9 atom stereocenters. The second-order valence-corrected chi connectivity index (χ2v) is 17.1. The van der Waals surface area contributed by atoms with Crippen molar-refractivity contribution < 1.29 is 14.3 Å². The van der Waals surface area contributed by atoms with Crippen LogP contribution in [0.2, 0.25) is 0 Å². The van der Waals surface area contributed by atoms with Crippen LogP contribution in [0.1, 0.15) is 132 Å². The third-order valence-corrected chi connectivity index (χ3v) is 14.2. The molecule has 0 N–H and O–H groups in total. The van der Waals surface area contributed by atoms with Gasteiger partial charge >= 0.3 is 0 Å². The van der Waals surface area contributed by atoms with Gasteiger partial charge in [0.15, 0.2) is 12.1 Å². The first-order valence-corrected chi connectivity index (χ1v) is 16.2. The molecule has 0 amide bonds. The summed E-state index contributed by atoms with van der Waals surface area (Å²) in [6.45, 7) is 20.8. The molecule has 0 aromatic rings. The van der Waals surface area contributed by atoms with Crippen molar-refractivity contribution in [2.24, 2.45) is 50.2 Å². The van der Waals surface area contributed by atoms with Crippen molar-refractivity contribution in [3.05, 3.63) is 11.6 Å². The van der Waals surface area contributed by atoms with E-state index in [-0.39, 0.29) is 40.0 Å². The number of hydrogen-bond donors (Lipinski definition) is 0. The molecule has 1 saturated heterocycles. The Hall–Kier alpha value is -0.670. The molecule has 0 radical (unpaired) electrons. The van der Waals surface area contributed by atoms with Crippen LogP contribution in [0.4, 0.5) is 0 Å². The van der Waals surface area contributed by atoms with Crippen molar-refractivity contribution in [3.63, 3.8) is 0 Å². The van der Waals surface area contributed by atoms with Gasteiger partial charge in [-0.1, -0.05) is 61.0 Å². The molecule has 3 heteroatoms. The molecular weight excluding hydrogens is 468 g/mol. The maximum atomic E-state index is 14.5. The third kappa shape index (κ3) is 3.75. The van der Waals surface area contributed by atoms with Gasteiger partial charge in [-0.2, -0.15) is 0 Å². The fourth-order valence-electron chi connectivity index (χ4n) is 11.6. The highest BCUT2D eigenvalue weighted by molar-refractivity contribution is 5.95. The maximum absolute atomic E-state index is 14.5. The second-order valence-electron chi connectivity index (χ2n) is 17.1. The average Bonchev–Trinajstić information content (AvgIpc) is 2.84. The van der Waals surface area contributed by atoms with Crippen molar-refractivity contribution in [2.75, 3.05) is 6.61 Å². The maximum Gasteiger partial charge on any atom is 0.159 e. The first kappa shape index (κ1) is 27.5. The van der Waals surface area contributed by atoms with E-state index in [4.69, 9.17) is 9.47 Å². The zero-order chi connectivity index (χ0) is 27.4. The molecule has 6 rings (SSSR count). The molecule has 4 saturated carbocycles. The molecule has 1 heterocycles. The largest absolute Gasteiger partial charge is 0.353 e. The van der Waals surface area contributed by atoms with Crippen LogP contribution in [-0.2, 0) is 14.3 Å². The van der Waals surface area contributed by atoms with Crippen LogP contribution < -0.4 is 0 Å². The summed E-state index contributed by atoms with van der Waals surface area (Å²) >= 11 is 0. The van der Waals surface area contributed by atoms with Crippen LogP contribution in [0.5, 0.6) is 0 Å². The number of ketones is 1. The average molecular weight is 525 g/mol. The summed E-state index contributed by atoms with van der Waals surface area (Å²) in [4.78, 5) is 14.5. The molecular formula is C35H56O3. The standard InChI is InChI=1S/C35H56O3/c1-30(2)16-17-32(5)18-19-34(7)23(24(32)22-30)21-25(36)29-33(6)14-13-27(38-28-11-9-10-20-37-28)31(3,4)26(33)12-15-35(29,34)8/h21,24,26-29H,9-20,22H2,1-8H3/t24-,26?,27?,28?,29?,32?,33?,34+,35+/m0/s1. The zero-order valence-electron chi connectivity index (χ0n) is 25.9. The van der Waals surface area contributed by atoms with Crippen LogP contribution in [0.3, 0.4) is 0 Å². The van der Waals surface area contributed by atoms with E-state index in [9.17, 15) is 4.79 Å². The molecule has 0 bridgehead atoms. The zero-order valence-corrected chi connectivity index (χ0v) is 25.9. The number of carbonyl (C=O) groups excluding carboxylic acids is 1. The normalized spacial score (nSPS) is 51.6. The van der Waals surface area contributed by atoms with Crippen molar-refractivity contribution >= 4 is 5.78 Å². The highest BCUT2D eigenvalue weighted by atomic mass is 16.7. The number of carbonyl (C=O) groups is 1. The van der Waals surface area contributed by atoms with E-state index >= 15 is 0 Å². The van der Waals surface area contributed by atoms with E-state index in [1.165, 1.54) is 51.4 Å². The lowest BCUT2D eigenvalue weighted by Gasteiger charge is -2.70. The van der Waals surface area contributed by atoms with E-state index in [0.29, 0.717) is 28.4 Å². The summed E-state index contributed by atoms with van der Waals surface area (Å²) in [6.07, 6.45) is 16.8. The van der Waals surface area contributed by atoms with Gasteiger partial charge in [-0.05, 0) is 127 Å². The highest BCUT2D eigenvalue weighted by Crippen LogP contribution is 2.75. The molecule has 1 aliphatic heterocycles. The molecule has 5 aliphatic carbocycles. The lowest BCUT2D eigenvalue weighted by Crippen LogP contribution is -2.66. The minimum atomic E-state index is -0.0387. The predicted molar refractivity (Wildman–Crippen MR) is 154 cm³/mol. The van der Waals surface area contributed by atoms with Gasteiger partial charge in [0.05, 0.1) is 6.10 Å². The van der Waals surface area contributed by atoms with Crippen molar-refractivity contribution in [2.45, 2.75) is 145 Å². The monoisotopic (exact) mass is 524 g/mol. The van der Waals surface area contributed by atoms with Crippen molar-refractivity contribution in [3.8, 4) is 0 Å². The van der Waals surface area contributed by atoms with Crippen molar-refractivity contribution in [1.29, 1.82) is 0 Å². The Kier molecular flexibility index (Phi) is 6.27. The molecule has 3 nitrogen and oxygen atoms in total. The first-order chi connectivity index (χ1) is 17.7. The van der Waals surface area contributed by atoms with Crippen LogP contribution >= 0.6 is 0 Å². The minimum Gasteiger partial charge on any atom is -0.353 e. The number of allylic oxidation sites excluding steroid dienone is 2. The van der Waals surface area contributed by atoms with Crippen LogP contribution in [0, 0.1) is 50.2 Å². The smallest absolute Gasteiger partial charge is 0.159 e. The Morgan fingerprint density at radius 3 is 2.29 bits per heavy atom. The van der Waals surface area contributed by atoms with Gasteiger partial charge in [0.2, 0.25) is 0 Å². The molecule has 5 fully saturated rings. The first-order valence-electron chi connectivity index (χ1n) is 16.2. The molecule has 38 heavy (non-hydrogen) atoms. The SMILES string of the molecule is CC1(C)CCC2(C)CC[C@]3(C)C(=CC(=O)C4C5(C)CCC(OC6CCCCO6)C(C)(C)C5CC[C@]43C)[C@@H]2C1. The Morgan fingerprint density at radius 1 is 0.842 bits per heavy atom. The van der Waals surface area contributed by atoms with Crippen molar-refractivity contribution in [1.82, 2.24) is 0 Å². The Morgan fingerprint density at radius 2 is 1.58 bits per heavy atom. The van der Waals surface area contributed by atoms with Gasteiger partial charge in [-0.3, -0.25) is 4.79 Å². The Bertz CT molecular complexity index is 1000. The highest BCUT2D eigenvalue weighted by Gasteiger charge is 2.70. The Balaban J connectivity index is 1.35. The lowest BCUT2D eigenvalue weighted by atomic mass is 9.33. The summed E-state index contributed by atoms with van der Waals surface area (Å²) in [5, 5.41) is 0. The topological polar surface area (TPSA) is 35.5 Å². The van der Waals surface area contributed by atoms with E-state index < -0.39 is 0 Å². The van der Waals surface area contributed by atoms with E-state index in [1.54, 1.807) is 5.57 Å². The summed E-state index contributed by atoms with van der Waals surface area (Å²) < 4.78 is 12.7. The fourth-order valence-corrected chi connectivity index (χ4v) is 11.6. The fraction of sp³-hybridized carbons (Fsp3) is 0.914. The number of rotatable bonds is 2. The van der Waals surface area contributed by atoms with Crippen LogP contribution in [-0.4, -0.2) is 24.8 Å². The Labute approximate surface area is 233 Å². The molecule has 6 unspecified atom stereocenters. The second kappa shape index (κ2) is 8.67. The summed E-state index contributed by atoms with van der Waals surface area (Å²) in [5.74, 6) is 1.65. The van der Waals surface area contributed by atoms with E-state index in [2.05, 4.69) is 61.5 Å². The number of ether oxygens (including phenoxy) is 2. The van der Waals surface area contributed by atoms with Gasteiger partial charge in [0, 0.05) is 12.5 Å². The summed E-state index contributed by atoms with van der Waals surface area (Å²) in [5.41, 5.74) is 2.53. The molecule has 6 aliphatic rings. The lowest BCUT2D eigenvalue weighted by molar-refractivity contribution is -0.254. The van der Waals surface area contributed by atoms with E-state index in [0.717, 1.165) is 32.3 Å². The molecule has 0 aromatic carbocycles. The number of hydrogen-bond acceptors (Lipinski definition) is 3. The van der Waals surface area contributed by atoms with Gasteiger partial charge in [-0.15, -0.1) is 0 Å². The quantitative estimate of drug-likeness (QED) is 0.338. The molecule has 0 spiro atoms.